The molecule has 0 aromatic heterocycles. The third kappa shape index (κ3) is 3.51. The van der Waals surface area contributed by atoms with Crippen molar-refractivity contribution in [1.82, 2.24) is 10.0 Å². The molecule has 2 saturated carbocycles. The fraction of sp³-hybridized carbons (Fsp3) is 0.308. The van der Waals surface area contributed by atoms with Gasteiger partial charge in [-0.3, -0.25) is 39.4 Å². The topological polar surface area (TPSA) is 161 Å². The Morgan fingerprint density at radius 1 is 0.789 bits per heavy atom. The van der Waals surface area contributed by atoms with Gasteiger partial charge in [-0.05, 0) is 54.4 Å². The molecule has 3 amide bonds. The molecule has 38 heavy (non-hydrogen) atoms. The van der Waals surface area contributed by atoms with Crippen LogP contribution in [-0.2, 0) is 9.59 Å². The summed E-state index contributed by atoms with van der Waals surface area (Å²) in [5.41, 5.74) is -0.477. The molecular weight excluding hydrogens is 496 g/mol. The Hall–Kier alpha value is -4.74. The minimum atomic E-state index is -0.846. The zero-order valence-corrected chi connectivity index (χ0v) is 19.7. The van der Waals surface area contributed by atoms with Gasteiger partial charge in [0.2, 0.25) is 0 Å². The number of hydrazine groups is 1. The number of hydrogen-bond donors (Lipinski definition) is 0. The molecule has 6 atom stereocenters. The van der Waals surface area contributed by atoms with Gasteiger partial charge in [0.25, 0.3) is 29.1 Å². The number of imide groups is 1. The van der Waals surface area contributed by atoms with E-state index in [4.69, 9.17) is 0 Å². The Labute approximate surface area is 214 Å². The molecule has 1 saturated heterocycles. The second-order valence-electron chi connectivity index (χ2n) is 10.0. The number of carbonyl (C=O) groups is 4. The summed E-state index contributed by atoms with van der Waals surface area (Å²) < 4.78 is 0. The van der Waals surface area contributed by atoms with Crippen molar-refractivity contribution in [1.29, 1.82) is 0 Å². The Morgan fingerprint density at radius 2 is 1.24 bits per heavy atom. The van der Waals surface area contributed by atoms with E-state index in [1.54, 1.807) is 0 Å². The van der Waals surface area contributed by atoms with Gasteiger partial charge in [-0.2, -0.15) is 5.01 Å². The van der Waals surface area contributed by atoms with E-state index in [1.165, 1.54) is 24.3 Å². The average Bonchev–Trinajstić information content (AvgIpc) is 3.70. The predicted molar refractivity (Wildman–Crippen MR) is 128 cm³/mol. The Morgan fingerprint density at radius 3 is 1.68 bits per heavy atom. The van der Waals surface area contributed by atoms with Crippen molar-refractivity contribution >= 4 is 34.9 Å². The van der Waals surface area contributed by atoms with Gasteiger partial charge in [-0.25, -0.2) is 5.01 Å². The smallest absolute Gasteiger partial charge is 0.273 e. The molecule has 2 aromatic rings. The molecule has 3 fully saturated rings. The first-order valence-corrected chi connectivity index (χ1v) is 12.1. The van der Waals surface area contributed by atoms with Crippen molar-refractivity contribution in [2.45, 2.75) is 6.42 Å². The highest BCUT2D eigenvalue weighted by atomic mass is 16.6. The number of amides is 3. The Bertz CT molecular complexity index is 1410. The first-order chi connectivity index (χ1) is 18.2. The van der Waals surface area contributed by atoms with Crippen LogP contribution in [0.5, 0.6) is 0 Å². The van der Waals surface area contributed by atoms with Gasteiger partial charge < -0.3 is 0 Å². The number of allylic oxidation sites excluding steroid dienone is 2. The third-order valence-corrected chi connectivity index (χ3v) is 8.13. The Balaban J connectivity index is 1.34. The van der Waals surface area contributed by atoms with Crippen molar-refractivity contribution in [2.75, 3.05) is 6.54 Å². The maximum Gasteiger partial charge on any atom is 0.273 e. The molecule has 0 spiro atoms. The molecule has 0 radical (unpaired) electrons. The fourth-order valence-corrected chi connectivity index (χ4v) is 6.28. The standard InChI is InChI=1S/C26H20N4O8/c31-21(13-1-5-15(6-2-13)29(35)36)12-27(24(32)14-3-7-16(8-4-14)30(37)38)28-25(33)22-17-9-10-18(20-11-19(17)20)23(22)26(28)34/h1-10,17-20,22-23H,11-12H2/t17-,18-,19-,20+,22-,23+/m0/s1. The van der Waals surface area contributed by atoms with E-state index in [0.717, 1.165) is 40.7 Å². The summed E-state index contributed by atoms with van der Waals surface area (Å²) in [6, 6.07) is 9.40. The Kier molecular flexibility index (Phi) is 5.23. The van der Waals surface area contributed by atoms with Gasteiger partial charge in [-0.1, -0.05) is 12.2 Å². The lowest BCUT2D eigenvalue weighted by molar-refractivity contribution is -0.385. The molecule has 7 rings (SSSR count). The van der Waals surface area contributed by atoms with Crippen LogP contribution in [0.2, 0.25) is 0 Å². The molecule has 0 unspecified atom stereocenters. The highest BCUT2D eigenvalue weighted by molar-refractivity contribution is 6.10. The van der Waals surface area contributed by atoms with Gasteiger partial charge in [0.05, 0.1) is 21.7 Å². The van der Waals surface area contributed by atoms with Crippen LogP contribution in [0, 0.1) is 55.7 Å². The van der Waals surface area contributed by atoms with Gasteiger partial charge in [0.1, 0.15) is 6.54 Å². The van der Waals surface area contributed by atoms with Crippen molar-refractivity contribution in [3.05, 3.63) is 92.0 Å². The zero-order valence-electron chi connectivity index (χ0n) is 19.7. The lowest BCUT2D eigenvalue weighted by Crippen LogP contribution is -2.52. The summed E-state index contributed by atoms with van der Waals surface area (Å²) >= 11 is 0. The normalized spacial score (nSPS) is 28.1. The summed E-state index contributed by atoms with van der Waals surface area (Å²) in [7, 11) is 0. The highest BCUT2D eigenvalue weighted by Gasteiger charge is 2.68. The number of nitrogens with zero attached hydrogens (tertiary/aromatic N) is 4. The minimum absolute atomic E-state index is 0.0495. The molecule has 12 heteroatoms. The number of Topliss-reactive ketones (excluding diaryl/α,β-unsaturated/α-hetero) is 1. The second kappa shape index (κ2) is 8.40. The maximum absolute atomic E-state index is 13.7. The van der Waals surface area contributed by atoms with Crippen LogP contribution < -0.4 is 0 Å². The molecule has 5 aliphatic rings. The minimum Gasteiger partial charge on any atom is -0.292 e. The van der Waals surface area contributed by atoms with E-state index in [9.17, 15) is 39.4 Å². The van der Waals surface area contributed by atoms with E-state index in [1.807, 2.05) is 12.2 Å². The largest absolute Gasteiger partial charge is 0.292 e. The number of nitro groups is 2. The number of rotatable bonds is 7. The summed E-state index contributed by atoms with van der Waals surface area (Å²) in [6.45, 7) is -0.680. The van der Waals surface area contributed by atoms with Crippen LogP contribution in [-0.4, -0.2) is 49.9 Å². The fourth-order valence-electron chi connectivity index (χ4n) is 6.28. The molecule has 1 aliphatic heterocycles. The lowest BCUT2D eigenvalue weighted by Gasteiger charge is -2.37. The van der Waals surface area contributed by atoms with Crippen LogP contribution >= 0.6 is 0 Å². The van der Waals surface area contributed by atoms with Crippen molar-refractivity contribution in [2.24, 2.45) is 35.5 Å². The van der Waals surface area contributed by atoms with Crippen LogP contribution in [0.4, 0.5) is 11.4 Å². The molecular formula is C26H20N4O8. The first-order valence-electron chi connectivity index (χ1n) is 12.1. The molecule has 2 bridgehead atoms. The molecule has 192 valence electrons. The van der Waals surface area contributed by atoms with Gasteiger partial charge in [0.15, 0.2) is 5.78 Å². The lowest BCUT2D eigenvalue weighted by atomic mass is 9.63. The summed E-state index contributed by atoms with van der Waals surface area (Å²) in [4.78, 5) is 74.9. The van der Waals surface area contributed by atoms with Crippen molar-refractivity contribution < 1.29 is 29.0 Å². The molecule has 1 heterocycles. The highest BCUT2D eigenvalue weighted by Crippen LogP contribution is 2.65. The molecule has 12 nitrogen and oxygen atoms in total. The summed E-state index contributed by atoms with van der Waals surface area (Å²) in [5.74, 6) is -3.32. The predicted octanol–water partition coefficient (Wildman–Crippen LogP) is 2.80. The number of benzene rings is 2. The van der Waals surface area contributed by atoms with E-state index >= 15 is 0 Å². The number of carbonyl (C=O) groups excluding carboxylic acids is 4. The van der Waals surface area contributed by atoms with Crippen LogP contribution in [0.15, 0.2) is 60.7 Å². The zero-order chi connectivity index (χ0) is 26.9. The van der Waals surface area contributed by atoms with Gasteiger partial charge in [0, 0.05) is 35.4 Å². The van der Waals surface area contributed by atoms with E-state index in [-0.39, 0.29) is 34.3 Å². The summed E-state index contributed by atoms with van der Waals surface area (Å²) in [5, 5.41) is 23.6. The average molecular weight is 516 g/mol. The van der Waals surface area contributed by atoms with E-state index < -0.39 is 51.7 Å². The number of non-ortho nitro benzene ring substituents is 2. The van der Waals surface area contributed by atoms with E-state index in [2.05, 4.69) is 0 Å². The third-order valence-electron chi connectivity index (χ3n) is 8.13. The SMILES string of the molecule is O=C(CN(C(=O)c1ccc([N+](=O)[O-])cc1)N1C(=O)[C@@H]2[C@H]3C=C[C@@H]([C@@H]4C[C@H]34)[C@@H]2C1=O)c1ccc([N+](=O)[O-])cc1. The summed E-state index contributed by atoms with van der Waals surface area (Å²) in [6.07, 6.45) is 4.93. The van der Waals surface area contributed by atoms with Crippen LogP contribution in [0.1, 0.15) is 27.1 Å². The molecule has 4 aliphatic carbocycles. The van der Waals surface area contributed by atoms with Crippen molar-refractivity contribution in [3.63, 3.8) is 0 Å². The van der Waals surface area contributed by atoms with Gasteiger partial charge >= 0.3 is 0 Å². The van der Waals surface area contributed by atoms with Crippen LogP contribution in [0.25, 0.3) is 0 Å². The van der Waals surface area contributed by atoms with Crippen molar-refractivity contribution in [3.8, 4) is 0 Å². The maximum atomic E-state index is 13.7. The molecule has 2 aromatic carbocycles. The quantitative estimate of drug-likeness (QED) is 0.178. The number of nitro benzene ring substituents is 2. The second-order valence-corrected chi connectivity index (χ2v) is 10.0. The van der Waals surface area contributed by atoms with E-state index in [0.29, 0.717) is 11.8 Å². The monoisotopic (exact) mass is 516 g/mol. The van der Waals surface area contributed by atoms with Gasteiger partial charge in [-0.15, -0.1) is 0 Å². The first kappa shape index (κ1) is 23.6. The molecule has 0 N–H and O–H groups in total. The van der Waals surface area contributed by atoms with Crippen LogP contribution in [0.3, 0.4) is 0 Å². The number of hydrogen-bond acceptors (Lipinski definition) is 8. The number of ketones is 1.